The molecule has 0 aliphatic rings. The predicted octanol–water partition coefficient (Wildman–Crippen LogP) is -0.557. The van der Waals surface area contributed by atoms with Crippen molar-refractivity contribution in [1.82, 2.24) is 15.5 Å². The molecule has 106 valence electrons. The molecule has 0 spiro atoms. The number of carbonyl (C=O) groups excluding carboxylic acids is 2. The predicted molar refractivity (Wildman–Crippen MR) is 69.6 cm³/mol. The Balaban J connectivity index is 2.71. The zero-order valence-corrected chi connectivity index (χ0v) is 10.9. The molecule has 2 N–H and O–H groups in total. The summed E-state index contributed by atoms with van der Waals surface area (Å²) in [7, 11) is 0. The van der Waals surface area contributed by atoms with Gasteiger partial charge in [-0.05, 0) is 13.0 Å². The fourth-order valence-corrected chi connectivity index (χ4v) is 1.17. The average Bonchev–Trinajstić information content (AvgIpc) is 2.95. The van der Waals surface area contributed by atoms with Crippen molar-refractivity contribution >= 4 is 17.6 Å². The molecule has 0 aromatic carbocycles. The van der Waals surface area contributed by atoms with Gasteiger partial charge in [-0.1, -0.05) is 11.1 Å². The summed E-state index contributed by atoms with van der Waals surface area (Å²) >= 11 is 0. The van der Waals surface area contributed by atoms with Gasteiger partial charge in [-0.15, -0.1) is 6.42 Å². The molecule has 20 heavy (non-hydrogen) atoms. The molecule has 0 radical (unpaired) electrons. The topological polar surface area (TPSA) is 106 Å². The minimum absolute atomic E-state index is 0.0455. The highest BCUT2D eigenvalue weighted by Gasteiger charge is 2.16. The van der Waals surface area contributed by atoms with Gasteiger partial charge in [-0.25, -0.2) is 4.79 Å². The Kier molecular flexibility index (Phi) is 6.33. The molecule has 1 heterocycles. The maximum absolute atomic E-state index is 11.8. The zero-order valence-electron chi connectivity index (χ0n) is 10.9. The van der Waals surface area contributed by atoms with Crippen LogP contribution in [0, 0.1) is 12.3 Å². The summed E-state index contributed by atoms with van der Waals surface area (Å²) in [5, 5.41) is 12.3. The Morgan fingerprint density at radius 2 is 2.40 bits per heavy atom. The minimum Gasteiger partial charge on any atom is -0.463 e. The SMILES string of the molecule is C#CCNC(=O)C(=NOCC(=O)OCC)c1ccn[nH]1. The second kappa shape index (κ2) is 8.31. The first kappa shape index (κ1) is 15.2. The van der Waals surface area contributed by atoms with Gasteiger partial charge in [-0.3, -0.25) is 9.89 Å². The Bertz CT molecular complexity index is 516. The third kappa shape index (κ3) is 4.81. The van der Waals surface area contributed by atoms with Crippen LogP contribution in [0.5, 0.6) is 0 Å². The van der Waals surface area contributed by atoms with E-state index in [2.05, 4.69) is 31.3 Å². The molecule has 1 aromatic heterocycles. The highest BCUT2D eigenvalue weighted by atomic mass is 16.7. The smallest absolute Gasteiger partial charge is 0.347 e. The van der Waals surface area contributed by atoms with Crippen molar-refractivity contribution in [2.45, 2.75) is 6.92 Å². The van der Waals surface area contributed by atoms with Crippen LogP contribution in [-0.2, 0) is 19.2 Å². The number of H-pyrrole nitrogens is 1. The molecule has 8 nitrogen and oxygen atoms in total. The molecule has 0 saturated heterocycles. The second-order valence-electron chi connectivity index (χ2n) is 3.38. The summed E-state index contributed by atoms with van der Waals surface area (Å²) in [5.74, 6) is 1.14. The normalized spacial score (nSPS) is 10.5. The standard InChI is InChI=1S/C12H14N4O4/c1-3-6-13-12(18)11(9-5-7-14-15-9)16-20-8-10(17)19-4-2/h1,5,7H,4,6,8H2,2H3,(H,13,18)(H,14,15). The van der Waals surface area contributed by atoms with E-state index in [-0.39, 0.29) is 18.9 Å². The maximum Gasteiger partial charge on any atom is 0.347 e. The van der Waals surface area contributed by atoms with Crippen LogP contribution < -0.4 is 5.32 Å². The van der Waals surface area contributed by atoms with E-state index in [9.17, 15) is 9.59 Å². The number of aromatic nitrogens is 2. The molecule has 0 fully saturated rings. The summed E-state index contributed by atoms with van der Waals surface area (Å²) < 4.78 is 4.66. The van der Waals surface area contributed by atoms with Gasteiger partial charge in [0, 0.05) is 6.20 Å². The fourth-order valence-electron chi connectivity index (χ4n) is 1.17. The number of nitrogens with zero attached hydrogens (tertiary/aromatic N) is 2. The lowest BCUT2D eigenvalue weighted by molar-refractivity contribution is -0.148. The molecule has 8 heteroatoms. The van der Waals surface area contributed by atoms with Crippen molar-refractivity contribution in [2.24, 2.45) is 5.16 Å². The first-order valence-electron chi connectivity index (χ1n) is 5.76. The lowest BCUT2D eigenvalue weighted by atomic mass is 10.2. The molecular weight excluding hydrogens is 264 g/mol. The molecule has 0 atom stereocenters. The van der Waals surface area contributed by atoms with E-state index < -0.39 is 18.5 Å². The first-order chi connectivity index (χ1) is 9.69. The quantitative estimate of drug-likeness (QED) is 0.301. The number of terminal acetylenes is 1. The summed E-state index contributed by atoms with van der Waals surface area (Å²) in [6.07, 6.45) is 6.50. The van der Waals surface area contributed by atoms with E-state index >= 15 is 0 Å². The number of hydrogen-bond donors (Lipinski definition) is 2. The number of ether oxygens (including phenoxy) is 1. The monoisotopic (exact) mass is 278 g/mol. The van der Waals surface area contributed by atoms with Crippen molar-refractivity contribution in [3.63, 3.8) is 0 Å². The summed E-state index contributed by atoms with van der Waals surface area (Å²) in [6.45, 7) is 1.56. The van der Waals surface area contributed by atoms with Crippen LogP contribution in [0.3, 0.4) is 0 Å². The van der Waals surface area contributed by atoms with Gasteiger partial charge in [-0.2, -0.15) is 5.10 Å². The van der Waals surface area contributed by atoms with E-state index in [1.165, 1.54) is 12.3 Å². The summed E-state index contributed by atoms with van der Waals surface area (Å²) in [6, 6.07) is 1.53. The third-order valence-corrected chi connectivity index (χ3v) is 1.97. The molecule has 1 rings (SSSR count). The average molecular weight is 278 g/mol. The van der Waals surface area contributed by atoms with Crippen LogP contribution in [0.1, 0.15) is 12.6 Å². The zero-order chi connectivity index (χ0) is 14.8. The fraction of sp³-hybridized carbons (Fsp3) is 0.333. The molecule has 0 saturated carbocycles. The first-order valence-corrected chi connectivity index (χ1v) is 5.76. The summed E-state index contributed by atoms with van der Waals surface area (Å²) in [5.41, 5.74) is 0.269. The van der Waals surface area contributed by atoms with E-state index in [0.717, 1.165) is 0 Å². The Morgan fingerprint density at radius 3 is 3.00 bits per heavy atom. The van der Waals surface area contributed by atoms with Crippen molar-refractivity contribution in [1.29, 1.82) is 0 Å². The molecule has 1 aromatic rings. The van der Waals surface area contributed by atoms with E-state index in [1.54, 1.807) is 6.92 Å². The molecule has 0 aliphatic heterocycles. The van der Waals surface area contributed by atoms with Crippen LogP contribution in [0.15, 0.2) is 17.4 Å². The molecule has 0 unspecified atom stereocenters. The van der Waals surface area contributed by atoms with Crippen LogP contribution >= 0.6 is 0 Å². The van der Waals surface area contributed by atoms with Crippen LogP contribution in [0.2, 0.25) is 0 Å². The van der Waals surface area contributed by atoms with Crippen molar-refractivity contribution < 1.29 is 19.2 Å². The van der Waals surface area contributed by atoms with E-state index in [0.29, 0.717) is 5.69 Å². The number of rotatable bonds is 7. The van der Waals surface area contributed by atoms with E-state index in [4.69, 9.17) is 11.3 Å². The largest absolute Gasteiger partial charge is 0.463 e. The van der Waals surface area contributed by atoms with Gasteiger partial charge in [0.1, 0.15) is 0 Å². The van der Waals surface area contributed by atoms with Crippen LogP contribution in [-0.4, -0.2) is 47.5 Å². The van der Waals surface area contributed by atoms with Crippen molar-refractivity contribution in [3.8, 4) is 12.3 Å². The molecule has 1 amide bonds. The Morgan fingerprint density at radius 1 is 1.60 bits per heavy atom. The molecule has 0 bridgehead atoms. The van der Waals surface area contributed by atoms with Gasteiger partial charge >= 0.3 is 5.97 Å². The number of amides is 1. The molecular formula is C12H14N4O4. The Labute approximate surface area is 115 Å². The summed E-state index contributed by atoms with van der Waals surface area (Å²) in [4.78, 5) is 27.7. The third-order valence-electron chi connectivity index (χ3n) is 1.97. The number of aromatic amines is 1. The second-order valence-corrected chi connectivity index (χ2v) is 3.38. The van der Waals surface area contributed by atoms with Gasteiger partial charge in [0.05, 0.1) is 18.8 Å². The minimum atomic E-state index is -0.579. The Hall–Kier alpha value is -2.82. The van der Waals surface area contributed by atoms with Gasteiger partial charge in [0.25, 0.3) is 5.91 Å². The number of carbonyl (C=O) groups is 2. The molecule has 0 aliphatic carbocycles. The number of nitrogens with one attached hydrogen (secondary N) is 2. The number of esters is 1. The highest BCUT2D eigenvalue weighted by Crippen LogP contribution is 1.98. The lowest BCUT2D eigenvalue weighted by Gasteiger charge is -2.04. The van der Waals surface area contributed by atoms with Gasteiger partial charge in [0.2, 0.25) is 6.61 Å². The van der Waals surface area contributed by atoms with Gasteiger partial charge < -0.3 is 14.9 Å². The van der Waals surface area contributed by atoms with Crippen molar-refractivity contribution in [2.75, 3.05) is 19.8 Å². The van der Waals surface area contributed by atoms with Crippen LogP contribution in [0.25, 0.3) is 0 Å². The van der Waals surface area contributed by atoms with Crippen molar-refractivity contribution in [3.05, 3.63) is 18.0 Å². The van der Waals surface area contributed by atoms with E-state index in [1.807, 2.05) is 0 Å². The number of hydrogen-bond acceptors (Lipinski definition) is 6. The maximum atomic E-state index is 11.8. The van der Waals surface area contributed by atoms with Crippen LogP contribution in [0.4, 0.5) is 0 Å². The number of oxime groups is 1. The lowest BCUT2D eigenvalue weighted by Crippen LogP contribution is -2.32. The highest BCUT2D eigenvalue weighted by molar-refractivity contribution is 6.44. The van der Waals surface area contributed by atoms with Gasteiger partial charge in [0.15, 0.2) is 5.71 Å².